The van der Waals surface area contributed by atoms with Crippen molar-refractivity contribution in [1.82, 2.24) is 4.98 Å². The maximum atomic E-state index is 9.61. The lowest BCUT2D eigenvalue weighted by molar-refractivity contribution is 0.319. The second kappa shape index (κ2) is 7.71. The topological polar surface area (TPSA) is 57.5 Å². The normalized spacial score (nSPS) is 11.6. The number of hydrogen-bond acceptors (Lipinski definition) is 4. The Morgan fingerprint density at radius 1 is 0.964 bits per heavy atom. The van der Waals surface area contributed by atoms with E-state index in [0.29, 0.717) is 16.3 Å². The molecule has 5 heteroatoms. The van der Waals surface area contributed by atoms with Crippen molar-refractivity contribution in [1.29, 1.82) is 0 Å². The van der Waals surface area contributed by atoms with Gasteiger partial charge in [-0.25, -0.2) is 0 Å². The molecule has 138 valence electrons. The molecule has 1 heterocycles. The standard InChI is InChI=1S/C23H18ClN3O/c1-15-6-2-3-9-18(15)23(27-28)19-12-11-17(14-20(19)24)26-21-10-4-7-16-8-5-13-25-22(16)21/h2-14,26,28H,1H3. The van der Waals surface area contributed by atoms with Crippen LogP contribution in [0.5, 0.6) is 0 Å². The Morgan fingerprint density at radius 3 is 2.57 bits per heavy atom. The average Bonchev–Trinajstić information content (AvgIpc) is 2.71. The van der Waals surface area contributed by atoms with Gasteiger partial charge >= 0.3 is 0 Å². The molecule has 0 unspecified atom stereocenters. The van der Waals surface area contributed by atoms with E-state index in [9.17, 15) is 5.21 Å². The SMILES string of the molecule is Cc1ccccc1C(=NO)c1ccc(Nc2cccc3cccnc23)cc1Cl. The van der Waals surface area contributed by atoms with Crippen LogP contribution in [0.4, 0.5) is 11.4 Å². The van der Waals surface area contributed by atoms with E-state index in [1.807, 2.05) is 79.7 Å². The van der Waals surface area contributed by atoms with Gasteiger partial charge in [0.25, 0.3) is 0 Å². The highest BCUT2D eigenvalue weighted by Crippen LogP contribution is 2.29. The molecule has 0 atom stereocenters. The molecule has 0 saturated heterocycles. The summed E-state index contributed by atoms with van der Waals surface area (Å²) in [6.45, 7) is 1.97. The molecule has 4 nitrogen and oxygen atoms in total. The second-order valence-corrected chi connectivity index (χ2v) is 6.87. The van der Waals surface area contributed by atoms with Gasteiger partial charge in [0, 0.05) is 28.4 Å². The predicted octanol–water partition coefficient (Wildman–Crippen LogP) is 6.17. The summed E-state index contributed by atoms with van der Waals surface area (Å²) in [7, 11) is 0. The lowest BCUT2D eigenvalue weighted by Crippen LogP contribution is -2.06. The number of rotatable bonds is 4. The molecule has 0 saturated carbocycles. The summed E-state index contributed by atoms with van der Waals surface area (Å²) in [5.74, 6) is 0. The van der Waals surface area contributed by atoms with Crippen molar-refractivity contribution >= 4 is 39.6 Å². The van der Waals surface area contributed by atoms with Gasteiger partial charge in [-0.1, -0.05) is 59.2 Å². The summed E-state index contributed by atoms with van der Waals surface area (Å²) in [6, 6.07) is 23.2. The van der Waals surface area contributed by atoms with Gasteiger partial charge in [0.2, 0.25) is 0 Å². The molecule has 0 fully saturated rings. The van der Waals surface area contributed by atoms with Crippen molar-refractivity contribution in [3.8, 4) is 0 Å². The highest BCUT2D eigenvalue weighted by Gasteiger charge is 2.14. The van der Waals surface area contributed by atoms with Crippen molar-refractivity contribution in [2.24, 2.45) is 5.16 Å². The summed E-state index contributed by atoms with van der Waals surface area (Å²) < 4.78 is 0. The van der Waals surface area contributed by atoms with E-state index in [4.69, 9.17) is 11.6 Å². The van der Waals surface area contributed by atoms with Crippen LogP contribution in [0.15, 0.2) is 84.1 Å². The number of fused-ring (bicyclic) bond motifs is 1. The largest absolute Gasteiger partial charge is 0.410 e. The zero-order valence-electron chi connectivity index (χ0n) is 15.2. The minimum atomic E-state index is 0.446. The van der Waals surface area contributed by atoms with E-state index in [-0.39, 0.29) is 0 Å². The molecule has 0 aliphatic heterocycles. The number of aryl methyl sites for hydroxylation is 1. The predicted molar refractivity (Wildman–Crippen MR) is 115 cm³/mol. The van der Waals surface area contributed by atoms with E-state index in [1.165, 1.54) is 0 Å². The number of oxime groups is 1. The molecule has 1 aromatic heterocycles. The lowest BCUT2D eigenvalue weighted by atomic mass is 9.98. The first-order chi connectivity index (χ1) is 13.7. The summed E-state index contributed by atoms with van der Waals surface area (Å²) >= 11 is 6.54. The van der Waals surface area contributed by atoms with Crippen LogP contribution in [-0.2, 0) is 0 Å². The van der Waals surface area contributed by atoms with Crippen molar-refractivity contribution in [3.05, 3.63) is 101 Å². The van der Waals surface area contributed by atoms with Gasteiger partial charge in [-0.15, -0.1) is 0 Å². The quantitative estimate of drug-likeness (QED) is 0.250. The van der Waals surface area contributed by atoms with E-state index >= 15 is 0 Å². The molecule has 0 bridgehead atoms. The molecule has 0 amide bonds. The fourth-order valence-corrected chi connectivity index (χ4v) is 3.51. The van der Waals surface area contributed by atoms with Crippen LogP contribution in [0.3, 0.4) is 0 Å². The average molecular weight is 388 g/mol. The fourth-order valence-electron chi connectivity index (χ4n) is 3.24. The highest BCUT2D eigenvalue weighted by molar-refractivity contribution is 6.35. The van der Waals surface area contributed by atoms with Gasteiger partial charge < -0.3 is 10.5 Å². The molecule has 3 aromatic carbocycles. The number of halogens is 1. The molecule has 4 aromatic rings. The Kier molecular flexibility index (Phi) is 4.96. The van der Waals surface area contributed by atoms with E-state index in [0.717, 1.165) is 33.4 Å². The first-order valence-electron chi connectivity index (χ1n) is 8.86. The van der Waals surface area contributed by atoms with Gasteiger partial charge in [-0.05, 0) is 42.8 Å². The smallest absolute Gasteiger partial charge is 0.118 e. The van der Waals surface area contributed by atoms with Crippen LogP contribution in [0, 0.1) is 6.92 Å². The molecule has 0 aliphatic carbocycles. The fraction of sp³-hybridized carbons (Fsp3) is 0.0435. The number of anilines is 2. The summed E-state index contributed by atoms with van der Waals surface area (Å²) in [6.07, 6.45) is 1.77. The maximum Gasteiger partial charge on any atom is 0.118 e. The highest BCUT2D eigenvalue weighted by atomic mass is 35.5. The number of nitrogens with one attached hydrogen (secondary N) is 1. The number of benzene rings is 3. The van der Waals surface area contributed by atoms with Crippen LogP contribution in [0.2, 0.25) is 5.02 Å². The summed E-state index contributed by atoms with van der Waals surface area (Å²) in [5, 5.41) is 18.0. The number of aromatic nitrogens is 1. The molecule has 4 rings (SSSR count). The molecular formula is C23H18ClN3O. The first kappa shape index (κ1) is 18.0. The van der Waals surface area contributed by atoms with Gasteiger partial charge in [-0.3, -0.25) is 4.98 Å². The summed E-state index contributed by atoms with van der Waals surface area (Å²) in [5.41, 5.74) is 5.58. The first-order valence-corrected chi connectivity index (χ1v) is 9.24. The van der Waals surface area contributed by atoms with E-state index < -0.39 is 0 Å². The van der Waals surface area contributed by atoms with E-state index in [1.54, 1.807) is 6.20 Å². The molecular weight excluding hydrogens is 370 g/mol. The van der Waals surface area contributed by atoms with Crippen molar-refractivity contribution in [3.63, 3.8) is 0 Å². The van der Waals surface area contributed by atoms with Gasteiger partial charge in [-0.2, -0.15) is 0 Å². The molecule has 0 radical (unpaired) electrons. The minimum Gasteiger partial charge on any atom is -0.410 e. The van der Waals surface area contributed by atoms with Crippen LogP contribution < -0.4 is 5.32 Å². The zero-order valence-corrected chi connectivity index (χ0v) is 16.0. The van der Waals surface area contributed by atoms with Crippen LogP contribution in [-0.4, -0.2) is 15.9 Å². The number of nitrogens with zero attached hydrogens (tertiary/aromatic N) is 2. The third-order valence-electron chi connectivity index (χ3n) is 4.64. The van der Waals surface area contributed by atoms with Crippen LogP contribution in [0.1, 0.15) is 16.7 Å². The Morgan fingerprint density at radius 2 is 1.79 bits per heavy atom. The third-order valence-corrected chi connectivity index (χ3v) is 4.95. The molecule has 0 spiro atoms. The van der Waals surface area contributed by atoms with Gasteiger partial charge in [0.05, 0.1) is 16.2 Å². The van der Waals surface area contributed by atoms with Crippen molar-refractivity contribution < 1.29 is 5.21 Å². The molecule has 2 N–H and O–H groups in total. The van der Waals surface area contributed by atoms with Crippen LogP contribution >= 0.6 is 11.6 Å². The monoisotopic (exact) mass is 387 g/mol. The van der Waals surface area contributed by atoms with Gasteiger partial charge in [0.1, 0.15) is 5.71 Å². The van der Waals surface area contributed by atoms with Crippen LogP contribution in [0.25, 0.3) is 10.9 Å². The molecule has 28 heavy (non-hydrogen) atoms. The number of hydrogen-bond donors (Lipinski definition) is 2. The van der Waals surface area contributed by atoms with E-state index in [2.05, 4.69) is 15.5 Å². The second-order valence-electron chi connectivity index (χ2n) is 6.46. The van der Waals surface area contributed by atoms with Crippen molar-refractivity contribution in [2.45, 2.75) is 6.92 Å². The summed E-state index contributed by atoms with van der Waals surface area (Å²) in [4.78, 5) is 4.46. The van der Waals surface area contributed by atoms with Gasteiger partial charge in [0.15, 0.2) is 0 Å². The number of para-hydroxylation sites is 1. The number of pyridine rings is 1. The molecule has 0 aliphatic rings. The Labute approximate surface area is 168 Å². The third kappa shape index (κ3) is 3.42. The Bertz CT molecular complexity index is 1180. The maximum absolute atomic E-state index is 9.61. The minimum absolute atomic E-state index is 0.446. The zero-order chi connectivity index (χ0) is 19.5. The Balaban J connectivity index is 1.69. The Hall–Kier alpha value is -3.37. The van der Waals surface area contributed by atoms with Crippen molar-refractivity contribution in [2.75, 3.05) is 5.32 Å². The lowest BCUT2D eigenvalue weighted by Gasteiger charge is -2.13.